The van der Waals surface area contributed by atoms with Gasteiger partial charge in [0.15, 0.2) is 0 Å². The molecule has 1 fully saturated rings. The van der Waals surface area contributed by atoms with E-state index in [-0.39, 0.29) is 5.41 Å². The molecular formula is C26H28ClN5O3. The molecule has 2 aromatic carbocycles. The molecule has 0 spiro atoms. The van der Waals surface area contributed by atoms with Crippen molar-refractivity contribution in [2.24, 2.45) is 0 Å². The summed E-state index contributed by atoms with van der Waals surface area (Å²) in [6.45, 7) is 7.48. The van der Waals surface area contributed by atoms with Crippen LogP contribution in [0.4, 0.5) is 10.6 Å². The number of nitrogens with zero attached hydrogens (tertiary/aromatic N) is 3. The van der Waals surface area contributed by atoms with Gasteiger partial charge in [0, 0.05) is 16.5 Å². The van der Waals surface area contributed by atoms with E-state index in [1.54, 1.807) is 35.0 Å². The van der Waals surface area contributed by atoms with Gasteiger partial charge < -0.3 is 10.6 Å². The van der Waals surface area contributed by atoms with Crippen LogP contribution in [0.25, 0.3) is 5.69 Å². The zero-order valence-electron chi connectivity index (χ0n) is 20.1. The van der Waals surface area contributed by atoms with Gasteiger partial charge in [0.2, 0.25) is 5.91 Å². The van der Waals surface area contributed by atoms with E-state index >= 15 is 0 Å². The van der Waals surface area contributed by atoms with Crippen LogP contribution in [0.3, 0.4) is 0 Å². The van der Waals surface area contributed by atoms with E-state index in [0.717, 1.165) is 16.3 Å². The molecular weight excluding hydrogens is 466 g/mol. The lowest BCUT2D eigenvalue weighted by Gasteiger charge is -2.25. The number of para-hydroxylation sites is 1. The van der Waals surface area contributed by atoms with Crippen LogP contribution in [0.2, 0.25) is 5.02 Å². The maximum atomic E-state index is 13.4. The monoisotopic (exact) mass is 493 g/mol. The highest BCUT2D eigenvalue weighted by molar-refractivity contribution is 6.30. The van der Waals surface area contributed by atoms with E-state index in [1.807, 2.05) is 58.0 Å². The Morgan fingerprint density at radius 3 is 2.34 bits per heavy atom. The summed E-state index contributed by atoms with van der Waals surface area (Å²) in [5.74, 6) is -0.527. The Bertz CT molecular complexity index is 1260. The third-order valence-electron chi connectivity index (χ3n) is 6.09. The number of anilines is 1. The van der Waals surface area contributed by atoms with E-state index in [4.69, 9.17) is 11.6 Å². The number of carbonyl (C=O) groups excluding carboxylic acids is 3. The lowest BCUT2D eigenvalue weighted by molar-refractivity contribution is -0.134. The number of hydrogen-bond acceptors (Lipinski definition) is 4. The molecule has 1 aliphatic heterocycles. The lowest BCUT2D eigenvalue weighted by atomic mass is 9.87. The van der Waals surface area contributed by atoms with Crippen molar-refractivity contribution in [1.29, 1.82) is 0 Å². The number of benzene rings is 2. The number of urea groups is 1. The van der Waals surface area contributed by atoms with Crippen LogP contribution in [0.5, 0.6) is 0 Å². The van der Waals surface area contributed by atoms with Crippen LogP contribution in [-0.2, 0) is 20.5 Å². The summed E-state index contributed by atoms with van der Waals surface area (Å²) >= 11 is 5.99. The first-order valence-corrected chi connectivity index (χ1v) is 11.8. The quantitative estimate of drug-likeness (QED) is 0.490. The minimum absolute atomic E-state index is 0.246. The molecule has 9 heteroatoms. The van der Waals surface area contributed by atoms with E-state index in [0.29, 0.717) is 22.8 Å². The molecule has 0 radical (unpaired) electrons. The van der Waals surface area contributed by atoms with Gasteiger partial charge in [0.25, 0.3) is 5.91 Å². The minimum Gasteiger partial charge on any atom is -0.319 e. The second-order valence-corrected chi connectivity index (χ2v) is 9.98. The van der Waals surface area contributed by atoms with Gasteiger partial charge in [-0.05, 0) is 36.2 Å². The average Bonchev–Trinajstić information content (AvgIpc) is 3.35. The number of halogens is 1. The van der Waals surface area contributed by atoms with Crippen molar-refractivity contribution in [3.63, 3.8) is 0 Å². The molecule has 4 amide bonds. The molecule has 1 aromatic heterocycles. The highest BCUT2D eigenvalue weighted by Crippen LogP contribution is 2.33. The van der Waals surface area contributed by atoms with Crippen LogP contribution in [-0.4, -0.2) is 39.1 Å². The van der Waals surface area contributed by atoms with Crippen molar-refractivity contribution in [3.8, 4) is 5.69 Å². The van der Waals surface area contributed by atoms with Crippen molar-refractivity contribution in [2.75, 3.05) is 11.9 Å². The standard InChI is InChI=1S/C26H28ClN5O3/c1-5-26(17-11-13-18(27)14-12-17)23(34)31(24(35)29-26)16-22(33)28-21-15-20(25(2,3)4)30-32(21)19-9-7-6-8-10-19/h6-15H,5,16H2,1-4H3,(H,28,33)(H,29,35). The van der Waals surface area contributed by atoms with E-state index < -0.39 is 29.9 Å². The largest absolute Gasteiger partial charge is 0.325 e. The molecule has 2 N–H and O–H groups in total. The number of carbonyl (C=O) groups is 3. The molecule has 35 heavy (non-hydrogen) atoms. The smallest absolute Gasteiger partial charge is 0.319 e. The first kappa shape index (κ1) is 24.5. The summed E-state index contributed by atoms with van der Waals surface area (Å²) in [6.07, 6.45) is 0.326. The molecule has 8 nitrogen and oxygen atoms in total. The van der Waals surface area contributed by atoms with Gasteiger partial charge in [-0.15, -0.1) is 0 Å². The number of nitrogens with one attached hydrogen (secondary N) is 2. The van der Waals surface area contributed by atoms with E-state index in [1.165, 1.54) is 0 Å². The maximum Gasteiger partial charge on any atom is 0.325 e. The van der Waals surface area contributed by atoms with Crippen molar-refractivity contribution in [2.45, 2.75) is 45.1 Å². The lowest BCUT2D eigenvalue weighted by Crippen LogP contribution is -2.44. The summed E-state index contributed by atoms with van der Waals surface area (Å²) < 4.78 is 1.65. The van der Waals surface area contributed by atoms with E-state index in [9.17, 15) is 14.4 Å². The van der Waals surface area contributed by atoms with Gasteiger partial charge in [0.05, 0.1) is 11.4 Å². The predicted octanol–water partition coefficient (Wildman–Crippen LogP) is 4.62. The number of aromatic nitrogens is 2. The third-order valence-corrected chi connectivity index (χ3v) is 6.34. The SMILES string of the molecule is CCC1(c2ccc(Cl)cc2)NC(=O)N(CC(=O)Nc2cc(C(C)(C)C)nn2-c2ccccc2)C1=O. The third kappa shape index (κ3) is 4.66. The second-order valence-electron chi connectivity index (χ2n) is 9.55. The first-order valence-electron chi connectivity index (χ1n) is 11.4. The number of hydrogen-bond donors (Lipinski definition) is 2. The van der Waals surface area contributed by atoms with Gasteiger partial charge in [-0.2, -0.15) is 5.10 Å². The highest BCUT2D eigenvalue weighted by atomic mass is 35.5. The first-order chi connectivity index (χ1) is 16.5. The van der Waals surface area contributed by atoms with Crippen LogP contribution in [0.15, 0.2) is 60.7 Å². The molecule has 1 unspecified atom stereocenters. The van der Waals surface area contributed by atoms with Crippen LogP contribution < -0.4 is 10.6 Å². The number of imide groups is 1. The molecule has 1 aliphatic rings. The van der Waals surface area contributed by atoms with E-state index in [2.05, 4.69) is 15.7 Å². The second kappa shape index (κ2) is 9.19. The summed E-state index contributed by atoms with van der Waals surface area (Å²) in [6, 6.07) is 17.4. The summed E-state index contributed by atoms with van der Waals surface area (Å²) in [7, 11) is 0. The molecule has 0 saturated carbocycles. The normalized spacial score (nSPS) is 18.0. The van der Waals surface area contributed by atoms with Gasteiger partial charge in [-0.3, -0.25) is 14.5 Å². The Balaban J connectivity index is 1.58. The van der Waals surface area contributed by atoms with Gasteiger partial charge >= 0.3 is 6.03 Å². The molecule has 1 atom stereocenters. The molecule has 3 aromatic rings. The summed E-state index contributed by atoms with van der Waals surface area (Å²) in [4.78, 5) is 40.1. The Hall–Kier alpha value is -3.65. The van der Waals surface area contributed by atoms with Crippen molar-refractivity contribution >= 4 is 35.3 Å². The van der Waals surface area contributed by atoms with Crippen LogP contribution >= 0.6 is 11.6 Å². The fraction of sp³-hybridized carbons (Fsp3) is 0.308. The Morgan fingerprint density at radius 1 is 1.09 bits per heavy atom. The Labute approximate surface area is 209 Å². The number of rotatable bonds is 6. The molecule has 1 saturated heterocycles. The zero-order chi connectivity index (χ0) is 25.4. The van der Waals surface area contributed by atoms with Crippen LogP contribution in [0, 0.1) is 0 Å². The van der Waals surface area contributed by atoms with Gasteiger partial charge in [-0.25, -0.2) is 9.48 Å². The van der Waals surface area contributed by atoms with Crippen molar-refractivity contribution < 1.29 is 14.4 Å². The predicted molar refractivity (Wildman–Crippen MR) is 135 cm³/mol. The Morgan fingerprint density at radius 2 is 1.74 bits per heavy atom. The summed E-state index contributed by atoms with van der Waals surface area (Å²) in [5.41, 5.74) is 0.694. The Kier molecular flexibility index (Phi) is 6.42. The van der Waals surface area contributed by atoms with Gasteiger partial charge in [0.1, 0.15) is 17.9 Å². The van der Waals surface area contributed by atoms with Crippen LogP contribution in [0.1, 0.15) is 45.4 Å². The molecule has 0 bridgehead atoms. The molecule has 2 heterocycles. The molecule has 0 aliphatic carbocycles. The fourth-order valence-corrected chi connectivity index (χ4v) is 4.20. The zero-order valence-corrected chi connectivity index (χ0v) is 20.9. The van der Waals surface area contributed by atoms with Crippen molar-refractivity contribution in [3.05, 3.63) is 76.9 Å². The maximum absolute atomic E-state index is 13.4. The topological polar surface area (TPSA) is 96.3 Å². The minimum atomic E-state index is -1.24. The number of amides is 4. The summed E-state index contributed by atoms with van der Waals surface area (Å²) in [5, 5.41) is 10.8. The fourth-order valence-electron chi connectivity index (χ4n) is 4.07. The molecule has 4 rings (SSSR count). The molecule has 182 valence electrons. The average molecular weight is 494 g/mol. The van der Waals surface area contributed by atoms with Gasteiger partial charge in [-0.1, -0.05) is 69.6 Å². The van der Waals surface area contributed by atoms with Crippen molar-refractivity contribution in [1.82, 2.24) is 20.0 Å². The highest BCUT2D eigenvalue weighted by Gasteiger charge is 2.51.